The molecule has 0 saturated heterocycles. The van der Waals surface area contributed by atoms with E-state index in [2.05, 4.69) is 43.1 Å². The van der Waals surface area contributed by atoms with Gasteiger partial charge < -0.3 is 5.32 Å². The fraction of sp³-hybridized carbons (Fsp3) is 0.833. The van der Waals surface area contributed by atoms with E-state index in [-0.39, 0.29) is 0 Å². The van der Waals surface area contributed by atoms with Crippen LogP contribution in [-0.4, -0.2) is 27.4 Å². The number of hydrogen-bond donors (Lipinski definition) is 1. The Morgan fingerprint density at radius 2 is 2.12 bits per heavy atom. The minimum atomic E-state index is 0.495. The summed E-state index contributed by atoms with van der Waals surface area (Å²) in [5.41, 5.74) is 0. The van der Waals surface area contributed by atoms with Crippen LogP contribution in [0, 0.1) is 5.92 Å². The topological polar surface area (TPSA) is 42.7 Å². The predicted molar refractivity (Wildman–Crippen MR) is 66.3 cm³/mol. The molecule has 0 aliphatic rings. The van der Waals surface area contributed by atoms with E-state index in [1.54, 1.807) is 6.33 Å². The molecule has 1 unspecified atom stereocenters. The molecular weight excluding hydrogens is 200 g/mol. The van der Waals surface area contributed by atoms with Crippen LogP contribution in [0.25, 0.3) is 0 Å². The van der Waals surface area contributed by atoms with E-state index in [1.807, 2.05) is 4.68 Å². The molecule has 1 aromatic rings. The van der Waals surface area contributed by atoms with Gasteiger partial charge in [-0.15, -0.1) is 0 Å². The highest BCUT2D eigenvalue weighted by Crippen LogP contribution is 2.08. The highest BCUT2D eigenvalue weighted by molar-refractivity contribution is 4.90. The van der Waals surface area contributed by atoms with Gasteiger partial charge in [-0.05, 0) is 25.8 Å². The van der Waals surface area contributed by atoms with Crippen LogP contribution in [-0.2, 0) is 13.0 Å². The molecule has 0 aromatic carbocycles. The molecule has 1 aromatic heterocycles. The Hall–Kier alpha value is -0.900. The lowest BCUT2D eigenvalue weighted by Gasteiger charge is -2.21. The first-order valence-corrected chi connectivity index (χ1v) is 6.29. The second kappa shape index (κ2) is 6.63. The molecule has 0 radical (unpaired) electrons. The van der Waals surface area contributed by atoms with Crippen molar-refractivity contribution in [2.75, 3.05) is 6.54 Å². The minimum Gasteiger partial charge on any atom is -0.313 e. The number of aryl methyl sites for hydroxylation is 1. The molecule has 16 heavy (non-hydrogen) atoms. The molecule has 0 aliphatic heterocycles. The third kappa shape index (κ3) is 3.59. The van der Waals surface area contributed by atoms with Crippen molar-refractivity contribution >= 4 is 0 Å². The van der Waals surface area contributed by atoms with Gasteiger partial charge in [-0.2, -0.15) is 5.10 Å². The Bertz CT molecular complexity index is 293. The monoisotopic (exact) mass is 224 g/mol. The Balaban J connectivity index is 2.60. The van der Waals surface area contributed by atoms with E-state index in [1.165, 1.54) is 6.42 Å². The Labute approximate surface area is 98.5 Å². The molecule has 4 nitrogen and oxygen atoms in total. The summed E-state index contributed by atoms with van der Waals surface area (Å²) in [7, 11) is 0. The zero-order valence-electron chi connectivity index (χ0n) is 10.9. The fourth-order valence-corrected chi connectivity index (χ4v) is 1.78. The second-order valence-corrected chi connectivity index (χ2v) is 4.50. The average Bonchev–Trinajstić information content (AvgIpc) is 2.70. The van der Waals surface area contributed by atoms with Crippen LogP contribution in [0.2, 0.25) is 0 Å². The van der Waals surface area contributed by atoms with E-state index < -0.39 is 0 Å². The van der Waals surface area contributed by atoms with Crippen molar-refractivity contribution in [3.8, 4) is 0 Å². The first-order chi connectivity index (χ1) is 7.69. The van der Waals surface area contributed by atoms with Gasteiger partial charge in [-0.1, -0.05) is 20.8 Å². The van der Waals surface area contributed by atoms with Crippen molar-refractivity contribution in [3.05, 3.63) is 12.2 Å². The third-order valence-corrected chi connectivity index (χ3v) is 2.86. The van der Waals surface area contributed by atoms with Crippen LogP contribution >= 0.6 is 0 Å². The van der Waals surface area contributed by atoms with Gasteiger partial charge in [0.1, 0.15) is 12.2 Å². The normalized spacial score (nSPS) is 13.3. The van der Waals surface area contributed by atoms with Crippen LogP contribution in [0.5, 0.6) is 0 Å². The van der Waals surface area contributed by atoms with Crippen LogP contribution in [0.4, 0.5) is 0 Å². The maximum absolute atomic E-state index is 4.33. The molecule has 0 bridgehead atoms. The van der Waals surface area contributed by atoms with Crippen molar-refractivity contribution in [3.63, 3.8) is 0 Å². The quantitative estimate of drug-likeness (QED) is 0.769. The van der Waals surface area contributed by atoms with Gasteiger partial charge in [0.05, 0.1) is 0 Å². The molecule has 0 aliphatic carbocycles. The summed E-state index contributed by atoms with van der Waals surface area (Å²) < 4.78 is 1.98. The summed E-state index contributed by atoms with van der Waals surface area (Å²) in [5, 5.41) is 7.78. The van der Waals surface area contributed by atoms with E-state index in [0.717, 1.165) is 25.3 Å². The summed E-state index contributed by atoms with van der Waals surface area (Å²) in [4.78, 5) is 4.33. The standard InChI is InChI=1S/C12H24N4/c1-5-7-13-11(10(3)4)8-12-14-9-15-16(12)6-2/h9-11,13H,5-8H2,1-4H3. The molecule has 0 amide bonds. The van der Waals surface area contributed by atoms with Crippen molar-refractivity contribution in [2.45, 2.75) is 53.1 Å². The van der Waals surface area contributed by atoms with Gasteiger partial charge in [0.15, 0.2) is 0 Å². The van der Waals surface area contributed by atoms with Gasteiger partial charge in [-0.3, -0.25) is 4.68 Å². The molecule has 0 fully saturated rings. The first-order valence-electron chi connectivity index (χ1n) is 6.29. The number of rotatable bonds is 7. The maximum atomic E-state index is 4.33. The van der Waals surface area contributed by atoms with E-state index in [9.17, 15) is 0 Å². The fourth-order valence-electron chi connectivity index (χ4n) is 1.78. The summed E-state index contributed by atoms with van der Waals surface area (Å²) >= 11 is 0. The zero-order chi connectivity index (χ0) is 12.0. The summed E-state index contributed by atoms with van der Waals surface area (Å²) in [6.45, 7) is 10.8. The SMILES string of the molecule is CCCNC(Cc1ncnn1CC)C(C)C. The second-order valence-electron chi connectivity index (χ2n) is 4.50. The van der Waals surface area contributed by atoms with Gasteiger partial charge in [-0.25, -0.2) is 4.98 Å². The molecule has 1 atom stereocenters. The minimum absolute atomic E-state index is 0.495. The van der Waals surface area contributed by atoms with E-state index in [4.69, 9.17) is 0 Å². The maximum Gasteiger partial charge on any atom is 0.138 e. The van der Waals surface area contributed by atoms with Crippen LogP contribution in [0.15, 0.2) is 6.33 Å². The number of nitrogens with one attached hydrogen (secondary N) is 1. The lowest BCUT2D eigenvalue weighted by molar-refractivity contribution is 0.384. The van der Waals surface area contributed by atoms with E-state index >= 15 is 0 Å². The van der Waals surface area contributed by atoms with Gasteiger partial charge >= 0.3 is 0 Å². The summed E-state index contributed by atoms with van der Waals surface area (Å²) in [6, 6.07) is 0.495. The molecule has 4 heteroatoms. The Morgan fingerprint density at radius 1 is 1.38 bits per heavy atom. The summed E-state index contributed by atoms with van der Waals surface area (Å²) in [6.07, 6.45) is 3.78. The third-order valence-electron chi connectivity index (χ3n) is 2.86. The van der Waals surface area contributed by atoms with Crippen molar-refractivity contribution < 1.29 is 0 Å². The van der Waals surface area contributed by atoms with Gasteiger partial charge in [0, 0.05) is 19.0 Å². The van der Waals surface area contributed by atoms with Crippen LogP contribution in [0.1, 0.15) is 39.9 Å². The lowest BCUT2D eigenvalue weighted by Crippen LogP contribution is -2.37. The number of aromatic nitrogens is 3. The van der Waals surface area contributed by atoms with Gasteiger partial charge in [0.25, 0.3) is 0 Å². The predicted octanol–water partition coefficient (Wildman–Crippen LogP) is 1.86. The molecule has 92 valence electrons. The highest BCUT2D eigenvalue weighted by atomic mass is 15.3. The molecular formula is C12H24N4. The van der Waals surface area contributed by atoms with Crippen LogP contribution < -0.4 is 5.32 Å². The summed E-state index contributed by atoms with van der Waals surface area (Å²) in [5.74, 6) is 1.71. The van der Waals surface area contributed by atoms with Gasteiger partial charge in [0.2, 0.25) is 0 Å². The molecule has 0 spiro atoms. The Morgan fingerprint density at radius 3 is 2.69 bits per heavy atom. The smallest absolute Gasteiger partial charge is 0.138 e. The van der Waals surface area contributed by atoms with Crippen molar-refractivity contribution in [1.82, 2.24) is 20.1 Å². The van der Waals surface area contributed by atoms with Crippen molar-refractivity contribution in [1.29, 1.82) is 0 Å². The molecule has 1 N–H and O–H groups in total. The Kier molecular flexibility index (Phi) is 5.46. The highest BCUT2D eigenvalue weighted by Gasteiger charge is 2.15. The van der Waals surface area contributed by atoms with E-state index in [0.29, 0.717) is 12.0 Å². The van der Waals surface area contributed by atoms with Crippen LogP contribution in [0.3, 0.4) is 0 Å². The largest absolute Gasteiger partial charge is 0.313 e. The first kappa shape index (κ1) is 13.2. The molecule has 1 heterocycles. The number of nitrogens with zero attached hydrogens (tertiary/aromatic N) is 3. The molecule has 1 rings (SSSR count). The zero-order valence-corrected chi connectivity index (χ0v) is 10.9. The van der Waals surface area contributed by atoms with Crippen molar-refractivity contribution in [2.24, 2.45) is 5.92 Å². The average molecular weight is 224 g/mol. The molecule has 0 saturated carbocycles. The number of hydrogen-bond acceptors (Lipinski definition) is 3. The lowest BCUT2D eigenvalue weighted by atomic mass is 10.0.